The van der Waals surface area contributed by atoms with E-state index in [4.69, 9.17) is 11.6 Å². The summed E-state index contributed by atoms with van der Waals surface area (Å²) in [4.78, 5) is 34.7. The molecule has 0 bridgehead atoms. The number of hydrogen-bond acceptors (Lipinski definition) is 3. The second-order valence-corrected chi connectivity index (χ2v) is 5.80. The van der Waals surface area contributed by atoms with E-state index in [1.807, 2.05) is 13.8 Å². The summed E-state index contributed by atoms with van der Waals surface area (Å²) in [5.74, 6) is -0.646. The first-order valence-corrected chi connectivity index (χ1v) is 7.86. The van der Waals surface area contributed by atoms with Crippen LogP contribution >= 0.6 is 11.6 Å². The number of carbonyl (C=O) groups excluding carboxylic acids is 3. The smallest absolute Gasteiger partial charge is 0.251 e. The fourth-order valence-corrected chi connectivity index (χ4v) is 1.92. The van der Waals surface area contributed by atoms with Gasteiger partial charge in [0.25, 0.3) is 5.91 Å². The highest BCUT2D eigenvalue weighted by atomic mass is 35.5. The predicted molar refractivity (Wildman–Crippen MR) is 89.3 cm³/mol. The van der Waals surface area contributed by atoms with Crippen LogP contribution in [-0.4, -0.2) is 36.9 Å². The number of benzene rings is 1. The third kappa shape index (κ3) is 8.21. The quantitative estimate of drug-likeness (QED) is 0.627. The van der Waals surface area contributed by atoms with Crippen LogP contribution in [0.1, 0.15) is 37.0 Å². The van der Waals surface area contributed by atoms with E-state index in [9.17, 15) is 14.4 Å². The first kappa shape index (κ1) is 19.0. The molecule has 1 rings (SSSR count). The maximum Gasteiger partial charge on any atom is 0.251 e. The molecule has 0 heterocycles. The van der Waals surface area contributed by atoms with Gasteiger partial charge in [0.15, 0.2) is 0 Å². The lowest BCUT2D eigenvalue weighted by atomic mass is 10.2. The van der Waals surface area contributed by atoms with Crippen molar-refractivity contribution in [2.45, 2.75) is 32.7 Å². The minimum Gasteiger partial charge on any atom is -0.352 e. The predicted octanol–water partition coefficient (Wildman–Crippen LogP) is 1.49. The molecule has 0 unspecified atom stereocenters. The Hall–Kier alpha value is -2.08. The summed E-state index contributed by atoms with van der Waals surface area (Å²) in [6.45, 7) is 4.05. The largest absolute Gasteiger partial charge is 0.352 e. The third-order valence-corrected chi connectivity index (χ3v) is 3.12. The van der Waals surface area contributed by atoms with Crippen LogP contribution in [0.2, 0.25) is 5.02 Å². The van der Waals surface area contributed by atoms with Crippen LogP contribution in [-0.2, 0) is 9.59 Å². The summed E-state index contributed by atoms with van der Waals surface area (Å²) < 4.78 is 0. The molecule has 0 saturated heterocycles. The molecule has 3 N–H and O–H groups in total. The van der Waals surface area contributed by atoms with Crippen molar-refractivity contribution in [1.29, 1.82) is 0 Å². The van der Waals surface area contributed by atoms with Crippen LogP contribution in [0.25, 0.3) is 0 Å². The van der Waals surface area contributed by atoms with Gasteiger partial charge in [0.2, 0.25) is 11.8 Å². The number of halogens is 1. The summed E-state index contributed by atoms with van der Waals surface area (Å²) in [5.41, 5.74) is 0.518. The monoisotopic (exact) mass is 339 g/mol. The first-order chi connectivity index (χ1) is 10.9. The Bertz CT molecular complexity index is 544. The molecule has 0 aliphatic heterocycles. The van der Waals surface area contributed by atoms with E-state index < -0.39 is 0 Å². The van der Waals surface area contributed by atoms with E-state index >= 15 is 0 Å². The molecule has 0 saturated carbocycles. The maximum atomic E-state index is 11.8. The molecule has 0 fully saturated rings. The Kier molecular flexibility index (Phi) is 8.11. The Morgan fingerprint density at radius 3 is 2.30 bits per heavy atom. The fourth-order valence-electron chi connectivity index (χ4n) is 1.79. The lowest BCUT2D eigenvalue weighted by molar-refractivity contribution is -0.126. The Labute approximate surface area is 141 Å². The van der Waals surface area contributed by atoms with E-state index in [0.717, 1.165) is 0 Å². The van der Waals surface area contributed by atoms with Crippen molar-refractivity contribution in [1.82, 2.24) is 16.0 Å². The van der Waals surface area contributed by atoms with Crippen molar-refractivity contribution in [3.05, 3.63) is 34.9 Å². The molecule has 7 heteroatoms. The van der Waals surface area contributed by atoms with Crippen LogP contribution in [0.15, 0.2) is 24.3 Å². The molecule has 0 spiro atoms. The zero-order valence-electron chi connectivity index (χ0n) is 13.3. The van der Waals surface area contributed by atoms with Gasteiger partial charge in [0.05, 0.1) is 6.54 Å². The summed E-state index contributed by atoms with van der Waals surface area (Å²) in [5, 5.41) is 8.51. The van der Waals surface area contributed by atoms with Gasteiger partial charge in [0.1, 0.15) is 0 Å². The number of amides is 3. The number of carbonyl (C=O) groups is 3. The average molecular weight is 340 g/mol. The molecule has 0 aliphatic carbocycles. The molecule has 0 atom stereocenters. The molecule has 1 aromatic carbocycles. The van der Waals surface area contributed by atoms with E-state index in [-0.39, 0.29) is 36.7 Å². The number of nitrogens with one attached hydrogen (secondary N) is 3. The molecule has 126 valence electrons. The lowest BCUT2D eigenvalue weighted by Crippen LogP contribution is -2.39. The maximum absolute atomic E-state index is 11.8. The topological polar surface area (TPSA) is 87.3 Å². The van der Waals surface area contributed by atoms with Gasteiger partial charge in [-0.05, 0) is 44.5 Å². The average Bonchev–Trinajstić information content (AvgIpc) is 2.49. The van der Waals surface area contributed by atoms with Crippen molar-refractivity contribution in [3.8, 4) is 0 Å². The van der Waals surface area contributed by atoms with Crippen LogP contribution in [0.3, 0.4) is 0 Å². The zero-order valence-corrected chi connectivity index (χ0v) is 14.1. The molecule has 6 nitrogen and oxygen atoms in total. The third-order valence-electron chi connectivity index (χ3n) is 2.87. The van der Waals surface area contributed by atoms with Crippen molar-refractivity contribution in [2.75, 3.05) is 13.1 Å². The fraction of sp³-hybridized carbons (Fsp3) is 0.438. The first-order valence-electron chi connectivity index (χ1n) is 7.48. The highest BCUT2D eigenvalue weighted by molar-refractivity contribution is 6.30. The molecule has 23 heavy (non-hydrogen) atoms. The standard InChI is InChI=1S/C16H22ClN3O3/c1-11(2)20-15(22)10-19-14(21)4-3-9-18-16(23)12-5-7-13(17)8-6-12/h5-8,11H,3-4,9-10H2,1-2H3,(H,18,23)(H,19,21)(H,20,22). The van der Waals surface area contributed by atoms with E-state index in [0.29, 0.717) is 23.6 Å². The molecule has 0 radical (unpaired) electrons. The van der Waals surface area contributed by atoms with Gasteiger partial charge in [-0.3, -0.25) is 14.4 Å². The van der Waals surface area contributed by atoms with Crippen LogP contribution in [0.5, 0.6) is 0 Å². The zero-order chi connectivity index (χ0) is 17.2. The molecule has 3 amide bonds. The van der Waals surface area contributed by atoms with Crippen molar-refractivity contribution >= 4 is 29.3 Å². The summed E-state index contributed by atoms with van der Waals surface area (Å²) in [6.07, 6.45) is 0.743. The minimum absolute atomic E-state index is 0.0336. The molecule has 1 aromatic rings. The van der Waals surface area contributed by atoms with Gasteiger partial charge in [0, 0.05) is 29.6 Å². The van der Waals surface area contributed by atoms with Gasteiger partial charge >= 0.3 is 0 Å². The van der Waals surface area contributed by atoms with Gasteiger partial charge in [-0.1, -0.05) is 11.6 Å². The Morgan fingerprint density at radius 2 is 1.70 bits per heavy atom. The normalized spacial score (nSPS) is 10.3. The van der Waals surface area contributed by atoms with Crippen molar-refractivity contribution < 1.29 is 14.4 Å². The molecule has 0 aliphatic rings. The minimum atomic E-state index is -0.218. The summed E-state index contributed by atoms with van der Waals surface area (Å²) in [7, 11) is 0. The van der Waals surface area contributed by atoms with Crippen molar-refractivity contribution in [3.63, 3.8) is 0 Å². The SMILES string of the molecule is CC(C)NC(=O)CNC(=O)CCCNC(=O)c1ccc(Cl)cc1. The Balaban J connectivity index is 2.16. The highest BCUT2D eigenvalue weighted by Gasteiger charge is 2.07. The molecule has 0 aromatic heterocycles. The van der Waals surface area contributed by atoms with Crippen LogP contribution < -0.4 is 16.0 Å². The van der Waals surface area contributed by atoms with E-state index in [1.165, 1.54) is 0 Å². The van der Waals surface area contributed by atoms with E-state index in [2.05, 4.69) is 16.0 Å². The molecular weight excluding hydrogens is 318 g/mol. The second-order valence-electron chi connectivity index (χ2n) is 5.37. The van der Waals surface area contributed by atoms with Crippen molar-refractivity contribution in [2.24, 2.45) is 0 Å². The van der Waals surface area contributed by atoms with Gasteiger partial charge < -0.3 is 16.0 Å². The highest BCUT2D eigenvalue weighted by Crippen LogP contribution is 2.09. The summed E-state index contributed by atoms with van der Waals surface area (Å²) in [6, 6.07) is 6.61. The summed E-state index contributed by atoms with van der Waals surface area (Å²) >= 11 is 5.75. The number of rotatable bonds is 8. The van der Waals surface area contributed by atoms with Gasteiger partial charge in [-0.15, -0.1) is 0 Å². The van der Waals surface area contributed by atoms with E-state index in [1.54, 1.807) is 24.3 Å². The Morgan fingerprint density at radius 1 is 1.04 bits per heavy atom. The van der Waals surface area contributed by atoms with Crippen LogP contribution in [0.4, 0.5) is 0 Å². The molecular formula is C16H22ClN3O3. The number of hydrogen-bond donors (Lipinski definition) is 3. The van der Waals surface area contributed by atoms with Gasteiger partial charge in [-0.2, -0.15) is 0 Å². The lowest BCUT2D eigenvalue weighted by Gasteiger charge is -2.09. The van der Waals surface area contributed by atoms with Gasteiger partial charge in [-0.25, -0.2) is 0 Å². The van der Waals surface area contributed by atoms with Crippen LogP contribution in [0, 0.1) is 0 Å². The second kappa shape index (κ2) is 9.84.